The van der Waals surface area contributed by atoms with Crippen LogP contribution >= 0.6 is 0 Å². The second-order valence-electron chi connectivity index (χ2n) is 6.58. The summed E-state index contributed by atoms with van der Waals surface area (Å²) >= 11 is 0. The molecule has 3 aromatic rings. The van der Waals surface area contributed by atoms with E-state index in [1.807, 2.05) is 12.1 Å². The Kier molecular flexibility index (Phi) is 6.26. The Morgan fingerprint density at radius 2 is 2.00 bits per heavy atom. The van der Waals surface area contributed by atoms with Crippen molar-refractivity contribution >= 4 is 17.5 Å². The van der Waals surface area contributed by atoms with Gasteiger partial charge in [-0.2, -0.15) is 5.10 Å². The Labute approximate surface area is 173 Å². The minimum absolute atomic E-state index is 0.0748. The summed E-state index contributed by atoms with van der Waals surface area (Å²) in [7, 11) is 3.30. The van der Waals surface area contributed by atoms with E-state index >= 15 is 0 Å². The largest absolute Gasteiger partial charge is 0.496 e. The molecular weight excluding hydrogens is 386 g/mol. The van der Waals surface area contributed by atoms with Crippen LogP contribution in [0.5, 0.6) is 11.5 Å². The summed E-state index contributed by atoms with van der Waals surface area (Å²) in [6, 6.07) is 11.6. The second-order valence-corrected chi connectivity index (χ2v) is 6.58. The number of aryl methyl sites for hydroxylation is 2. The number of aromatic nitrogens is 2. The molecule has 1 heterocycles. The number of hydrogen-bond acceptors (Lipinski definition) is 6. The first-order valence-electron chi connectivity index (χ1n) is 9.15. The molecule has 1 aromatic heterocycles. The van der Waals surface area contributed by atoms with Crippen molar-refractivity contribution in [2.75, 3.05) is 7.11 Å². The number of methoxy groups -OCH3 is 1. The molecule has 3 rings (SSSR count). The van der Waals surface area contributed by atoms with Crippen LogP contribution in [0.3, 0.4) is 0 Å². The number of carbonyl (C=O) groups is 1. The highest BCUT2D eigenvalue weighted by Gasteiger charge is 2.15. The molecule has 2 aromatic carbocycles. The van der Waals surface area contributed by atoms with Crippen LogP contribution in [0.25, 0.3) is 6.08 Å². The summed E-state index contributed by atoms with van der Waals surface area (Å²) in [4.78, 5) is 23.1. The highest BCUT2D eigenvalue weighted by atomic mass is 16.6. The monoisotopic (exact) mass is 407 g/mol. The molecule has 8 nitrogen and oxygen atoms in total. The highest BCUT2D eigenvalue weighted by Crippen LogP contribution is 2.28. The number of ether oxygens (including phenoxy) is 2. The zero-order valence-electron chi connectivity index (χ0n) is 16.9. The van der Waals surface area contributed by atoms with E-state index in [1.165, 1.54) is 19.3 Å². The molecule has 0 unspecified atom stereocenters. The molecule has 0 aliphatic carbocycles. The number of ketones is 1. The van der Waals surface area contributed by atoms with Gasteiger partial charge in [-0.05, 0) is 36.8 Å². The molecule has 154 valence electrons. The van der Waals surface area contributed by atoms with Crippen LogP contribution in [-0.4, -0.2) is 27.6 Å². The quantitative estimate of drug-likeness (QED) is 0.241. The van der Waals surface area contributed by atoms with Gasteiger partial charge in [0, 0.05) is 24.9 Å². The third-order valence-electron chi connectivity index (χ3n) is 4.46. The van der Waals surface area contributed by atoms with E-state index in [0.29, 0.717) is 22.6 Å². The molecule has 0 radical (unpaired) electrons. The Morgan fingerprint density at radius 3 is 2.67 bits per heavy atom. The van der Waals surface area contributed by atoms with Crippen LogP contribution in [0.15, 0.2) is 54.7 Å². The normalized spacial score (nSPS) is 10.9. The molecule has 0 bridgehead atoms. The maximum atomic E-state index is 12.4. The summed E-state index contributed by atoms with van der Waals surface area (Å²) in [5, 5.41) is 15.3. The van der Waals surface area contributed by atoms with E-state index in [9.17, 15) is 14.9 Å². The summed E-state index contributed by atoms with van der Waals surface area (Å²) in [6.07, 6.45) is 4.86. The summed E-state index contributed by atoms with van der Waals surface area (Å²) < 4.78 is 12.6. The van der Waals surface area contributed by atoms with Crippen molar-refractivity contribution in [2.45, 2.75) is 13.5 Å². The number of hydrogen-bond donors (Lipinski definition) is 0. The summed E-state index contributed by atoms with van der Waals surface area (Å²) in [6.45, 7) is 1.86. The Morgan fingerprint density at radius 1 is 1.23 bits per heavy atom. The minimum atomic E-state index is -0.488. The zero-order valence-corrected chi connectivity index (χ0v) is 16.9. The molecule has 30 heavy (non-hydrogen) atoms. The SMILES string of the molecule is COc1ccc(/C=C/C(=O)c2cn(C)nc2C)cc1COc1ccccc1[N+](=O)[O-]. The molecule has 0 aliphatic rings. The molecule has 0 atom stereocenters. The number of benzene rings is 2. The van der Waals surface area contributed by atoms with E-state index in [4.69, 9.17) is 9.47 Å². The lowest BCUT2D eigenvalue weighted by Crippen LogP contribution is -2.01. The van der Waals surface area contributed by atoms with Crippen molar-refractivity contribution in [1.82, 2.24) is 9.78 Å². The number of rotatable bonds is 8. The van der Waals surface area contributed by atoms with Crippen molar-refractivity contribution in [3.63, 3.8) is 0 Å². The van der Waals surface area contributed by atoms with Crippen molar-refractivity contribution in [3.05, 3.63) is 87.2 Å². The molecule has 0 aliphatic heterocycles. The van der Waals surface area contributed by atoms with Crippen LogP contribution in [0.4, 0.5) is 5.69 Å². The van der Waals surface area contributed by atoms with Crippen LogP contribution in [-0.2, 0) is 13.7 Å². The number of nitro groups is 1. The fraction of sp³-hybridized carbons (Fsp3) is 0.182. The van der Waals surface area contributed by atoms with Crippen molar-refractivity contribution < 1.29 is 19.2 Å². The Balaban J connectivity index is 1.79. The molecule has 0 amide bonds. The Hall–Kier alpha value is -3.94. The summed E-state index contributed by atoms with van der Waals surface area (Å²) in [5.74, 6) is 0.613. The highest BCUT2D eigenvalue weighted by molar-refractivity contribution is 6.07. The van der Waals surface area contributed by atoms with Crippen molar-refractivity contribution in [2.24, 2.45) is 7.05 Å². The van der Waals surface area contributed by atoms with Crippen LogP contribution in [0, 0.1) is 17.0 Å². The van der Waals surface area contributed by atoms with Gasteiger partial charge in [-0.15, -0.1) is 0 Å². The molecule has 0 N–H and O–H groups in total. The predicted molar refractivity (Wildman–Crippen MR) is 112 cm³/mol. The average molecular weight is 407 g/mol. The molecule has 8 heteroatoms. The van der Waals surface area contributed by atoms with Gasteiger partial charge in [0.15, 0.2) is 11.5 Å². The first-order valence-corrected chi connectivity index (χ1v) is 9.15. The third kappa shape index (κ3) is 4.72. The van der Waals surface area contributed by atoms with Gasteiger partial charge in [0.05, 0.1) is 23.3 Å². The van der Waals surface area contributed by atoms with Gasteiger partial charge in [0.2, 0.25) is 0 Å². The van der Waals surface area contributed by atoms with Crippen molar-refractivity contribution in [1.29, 1.82) is 0 Å². The van der Waals surface area contributed by atoms with Crippen LogP contribution in [0.2, 0.25) is 0 Å². The summed E-state index contributed by atoms with van der Waals surface area (Å²) in [5.41, 5.74) is 2.57. The minimum Gasteiger partial charge on any atom is -0.496 e. The number of carbonyl (C=O) groups excluding carboxylic acids is 1. The van der Waals surface area contributed by atoms with E-state index < -0.39 is 4.92 Å². The second kappa shape index (κ2) is 9.04. The molecule has 0 saturated heterocycles. The molecular formula is C22H21N3O5. The molecule has 0 saturated carbocycles. The van der Waals surface area contributed by atoms with Gasteiger partial charge >= 0.3 is 5.69 Å². The first kappa shape index (κ1) is 20.8. The van der Waals surface area contributed by atoms with Gasteiger partial charge < -0.3 is 9.47 Å². The van der Waals surface area contributed by atoms with E-state index in [1.54, 1.807) is 55.2 Å². The fourth-order valence-electron chi connectivity index (χ4n) is 3.00. The maximum Gasteiger partial charge on any atom is 0.310 e. The van der Waals surface area contributed by atoms with Crippen molar-refractivity contribution in [3.8, 4) is 11.5 Å². The Bertz CT molecular complexity index is 1120. The average Bonchev–Trinajstić information content (AvgIpc) is 3.08. The van der Waals surface area contributed by atoms with Gasteiger partial charge in [-0.25, -0.2) is 0 Å². The standard InChI is InChI=1S/C22H21N3O5/c1-15-18(13-24(2)23-15)20(26)10-8-16-9-11-21(29-3)17(12-16)14-30-22-7-5-4-6-19(22)25(27)28/h4-13H,14H2,1-3H3/b10-8+. The van der Waals surface area contributed by atoms with Crippen LogP contribution < -0.4 is 9.47 Å². The van der Waals surface area contributed by atoms with Gasteiger partial charge in [0.25, 0.3) is 0 Å². The number of allylic oxidation sites excluding steroid dienone is 1. The van der Waals surface area contributed by atoms with Gasteiger partial charge in [0.1, 0.15) is 12.4 Å². The van der Waals surface area contributed by atoms with Gasteiger partial charge in [-0.1, -0.05) is 24.3 Å². The zero-order chi connectivity index (χ0) is 21.7. The smallest absolute Gasteiger partial charge is 0.310 e. The number of para-hydroxylation sites is 2. The number of nitro benzene ring substituents is 1. The van der Waals surface area contributed by atoms with E-state index in [-0.39, 0.29) is 23.8 Å². The lowest BCUT2D eigenvalue weighted by Gasteiger charge is -2.11. The van der Waals surface area contributed by atoms with E-state index in [2.05, 4.69) is 5.10 Å². The lowest BCUT2D eigenvalue weighted by molar-refractivity contribution is -0.385. The maximum absolute atomic E-state index is 12.4. The van der Waals surface area contributed by atoms with Gasteiger partial charge in [-0.3, -0.25) is 19.6 Å². The third-order valence-corrected chi connectivity index (χ3v) is 4.46. The van der Waals surface area contributed by atoms with Crippen LogP contribution in [0.1, 0.15) is 27.2 Å². The fourth-order valence-corrected chi connectivity index (χ4v) is 3.00. The predicted octanol–water partition coefficient (Wildman–Crippen LogP) is 4.12. The lowest BCUT2D eigenvalue weighted by atomic mass is 10.1. The first-order chi connectivity index (χ1) is 14.4. The topological polar surface area (TPSA) is 96.5 Å². The number of nitrogens with zero attached hydrogens (tertiary/aromatic N) is 3. The van der Waals surface area contributed by atoms with E-state index in [0.717, 1.165) is 5.56 Å². The molecule has 0 fully saturated rings. The molecule has 0 spiro atoms.